The second-order valence-corrected chi connectivity index (χ2v) is 4.53. The molecule has 1 saturated heterocycles. The van der Waals surface area contributed by atoms with Crippen LogP contribution >= 0.6 is 0 Å². The number of hydrogen-bond acceptors (Lipinski definition) is 4. The Hall–Kier alpha value is -2.50. The molecule has 20 heavy (non-hydrogen) atoms. The van der Waals surface area contributed by atoms with E-state index in [1.54, 1.807) is 31.2 Å². The van der Waals surface area contributed by atoms with Crippen LogP contribution in [0.3, 0.4) is 0 Å². The number of nitrogens with zero attached hydrogens (tertiary/aromatic N) is 2. The number of amides is 3. The number of rotatable bonds is 4. The molecule has 1 aromatic rings. The van der Waals surface area contributed by atoms with Gasteiger partial charge in [0.25, 0.3) is 5.91 Å². The minimum Gasteiger partial charge on any atom is -0.277 e. The highest BCUT2D eigenvalue weighted by molar-refractivity contribution is 6.05. The van der Waals surface area contributed by atoms with Crippen LogP contribution in [0.25, 0.3) is 0 Å². The maximum atomic E-state index is 11.7. The normalized spacial score (nSPS) is 15.7. The van der Waals surface area contributed by atoms with Gasteiger partial charge in [0.1, 0.15) is 0 Å². The second-order valence-electron chi connectivity index (χ2n) is 4.53. The van der Waals surface area contributed by atoms with Gasteiger partial charge in [-0.1, -0.05) is 18.2 Å². The lowest BCUT2D eigenvalue weighted by Gasteiger charge is -2.12. The summed E-state index contributed by atoms with van der Waals surface area (Å²) < 4.78 is 0. The van der Waals surface area contributed by atoms with Crippen LogP contribution in [0.5, 0.6) is 0 Å². The molecule has 2 rings (SSSR count). The molecule has 6 nitrogen and oxygen atoms in total. The molecule has 1 fully saturated rings. The third-order valence-electron chi connectivity index (χ3n) is 2.93. The monoisotopic (exact) mass is 273 g/mol. The Morgan fingerprint density at radius 1 is 1.20 bits per heavy atom. The SMILES string of the molecule is C/C(CN1C(=O)CCC1=O)=N/NC(=O)c1ccccc1. The van der Waals surface area contributed by atoms with Crippen LogP contribution in [-0.2, 0) is 9.59 Å². The molecule has 3 amide bonds. The van der Waals surface area contributed by atoms with E-state index in [9.17, 15) is 14.4 Å². The van der Waals surface area contributed by atoms with Gasteiger partial charge in [0.05, 0.1) is 12.3 Å². The molecule has 0 radical (unpaired) electrons. The molecule has 0 atom stereocenters. The summed E-state index contributed by atoms with van der Waals surface area (Å²) in [5.74, 6) is -0.720. The van der Waals surface area contributed by atoms with E-state index in [0.29, 0.717) is 11.3 Å². The Labute approximate surface area is 116 Å². The van der Waals surface area contributed by atoms with Crippen molar-refractivity contribution in [3.63, 3.8) is 0 Å². The minimum atomic E-state index is -0.330. The van der Waals surface area contributed by atoms with Gasteiger partial charge in [-0.15, -0.1) is 0 Å². The Kier molecular flexibility index (Phi) is 4.24. The fourth-order valence-electron chi connectivity index (χ4n) is 1.86. The first-order valence-corrected chi connectivity index (χ1v) is 6.29. The van der Waals surface area contributed by atoms with Crippen molar-refractivity contribution in [2.24, 2.45) is 5.10 Å². The molecule has 1 aromatic carbocycles. The molecule has 1 aliphatic rings. The number of hydrazone groups is 1. The molecule has 6 heteroatoms. The van der Waals surface area contributed by atoms with Gasteiger partial charge >= 0.3 is 0 Å². The molecule has 0 aromatic heterocycles. The first-order chi connectivity index (χ1) is 9.58. The Bertz CT molecular complexity index is 550. The average Bonchev–Trinajstić information content (AvgIpc) is 2.77. The minimum absolute atomic E-state index is 0.118. The summed E-state index contributed by atoms with van der Waals surface area (Å²) in [5.41, 5.74) is 3.40. The predicted molar refractivity (Wildman–Crippen MR) is 73.0 cm³/mol. The third-order valence-corrected chi connectivity index (χ3v) is 2.93. The molecule has 0 unspecified atom stereocenters. The van der Waals surface area contributed by atoms with E-state index < -0.39 is 0 Å². The van der Waals surface area contributed by atoms with Crippen molar-refractivity contribution in [1.29, 1.82) is 0 Å². The molecular formula is C14H15N3O3. The highest BCUT2D eigenvalue weighted by atomic mass is 16.2. The predicted octanol–water partition coefficient (Wildman–Crippen LogP) is 0.941. The van der Waals surface area contributed by atoms with E-state index in [1.807, 2.05) is 6.07 Å². The highest BCUT2D eigenvalue weighted by Crippen LogP contribution is 2.11. The van der Waals surface area contributed by atoms with Crippen molar-refractivity contribution in [3.05, 3.63) is 35.9 Å². The van der Waals surface area contributed by atoms with Crippen LogP contribution in [0.2, 0.25) is 0 Å². The van der Waals surface area contributed by atoms with Crippen LogP contribution in [0.4, 0.5) is 0 Å². The smallest absolute Gasteiger partial charge is 0.271 e. The highest BCUT2D eigenvalue weighted by Gasteiger charge is 2.28. The number of carbonyl (C=O) groups excluding carboxylic acids is 3. The molecule has 0 saturated carbocycles. The van der Waals surface area contributed by atoms with Gasteiger partial charge < -0.3 is 0 Å². The van der Waals surface area contributed by atoms with Crippen LogP contribution in [-0.4, -0.2) is 34.9 Å². The summed E-state index contributed by atoms with van der Waals surface area (Å²) in [6, 6.07) is 8.68. The quantitative estimate of drug-likeness (QED) is 0.504. The topological polar surface area (TPSA) is 78.8 Å². The lowest BCUT2D eigenvalue weighted by Crippen LogP contribution is -2.34. The molecule has 1 N–H and O–H groups in total. The van der Waals surface area contributed by atoms with Crippen molar-refractivity contribution in [1.82, 2.24) is 10.3 Å². The van der Waals surface area contributed by atoms with Crippen LogP contribution in [0.1, 0.15) is 30.1 Å². The fraction of sp³-hybridized carbons (Fsp3) is 0.286. The number of imide groups is 1. The zero-order chi connectivity index (χ0) is 14.5. The summed E-state index contributed by atoms with van der Waals surface area (Å²) in [7, 11) is 0. The van der Waals surface area contributed by atoms with Gasteiger partial charge in [-0.25, -0.2) is 5.43 Å². The lowest BCUT2D eigenvalue weighted by atomic mass is 10.2. The van der Waals surface area contributed by atoms with Crippen molar-refractivity contribution < 1.29 is 14.4 Å². The first kappa shape index (κ1) is 13.9. The lowest BCUT2D eigenvalue weighted by molar-refractivity contribution is -0.137. The van der Waals surface area contributed by atoms with E-state index in [1.165, 1.54) is 0 Å². The van der Waals surface area contributed by atoms with Gasteiger partial charge in [0, 0.05) is 18.4 Å². The van der Waals surface area contributed by atoms with E-state index in [-0.39, 0.29) is 37.1 Å². The zero-order valence-electron chi connectivity index (χ0n) is 11.1. The summed E-state index contributed by atoms with van der Waals surface area (Å²) in [6.07, 6.45) is 0.505. The van der Waals surface area contributed by atoms with Gasteiger partial charge in [-0.05, 0) is 19.1 Å². The van der Waals surface area contributed by atoms with Crippen LogP contribution < -0.4 is 5.43 Å². The summed E-state index contributed by atoms with van der Waals surface area (Å²) in [5, 5.41) is 3.90. The van der Waals surface area contributed by atoms with Gasteiger partial charge in [0.15, 0.2) is 0 Å². The average molecular weight is 273 g/mol. The maximum Gasteiger partial charge on any atom is 0.271 e. The number of benzene rings is 1. The number of carbonyl (C=O) groups is 3. The molecule has 0 bridgehead atoms. The van der Waals surface area contributed by atoms with Gasteiger partial charge in [-0.3, -0.25) is 19.3 Å². The number of hydrogen-bond donors (Lipinski definition) is 1. The van der Waals surface area contributed by atoms with Crippen LogP contribution in [0.15, 0.2) is 35.4 Å². The van der Waals surface area contributed by atoms with Crippen molar-refractivity contribution in [2.75, 3.05) is 6.54 Å². The molecule has 1 aliphatic heterocycles. The first-order valence-electron chi connectivity index (χ1n) is 6.29. The Morgan fingerprint density at radius 2 is 1.80 bits per heavy atom. The van der Waals surface area contributed by atoms with Crippen molar-refractivity contribution in [2.45, 2.75) is 19.8 Å². The Morgan fingerprint density at radius 3 is 2.40 bits per heavy atom. The largest absolute Gasteiger partial charge is 0.277 e. The Balaban J connectivity index is 1.93. The molecule has 1 heterocycles. The molecular weight excluding hydrogens is 258 g/mol. The van der Waals surface area contributed by atoms with E-state index in [2.05, 4.69) is 10.5 Å². The second kappa shape index (κ2) is 6.10. The van der Waals surface area contributed by atoms with E-state index in [0.717, 1.165) is 4.90 Å². The number of nitrogens with one attached hydrogen (secondary N) is 1. The fourth-order valence-corrected chi connectivity index (χ4v) is 1.86. The zero-order valence-corrected chi connectivity index (χ0v) is 11.1. The van der Waals surface area contributed by atoms with Gasteiger partial charge in [0.2, 0.25) is 11.8 Å². The van der Waals surface area contributed by atoms with E-state index in [4.69, 9.17) is 0 Å². The van der Waals surface area contributed by atoms with E-state index >= 15 is 0 Å². The molecule has 0 spiro atoms. The number of likely N-dealkylation sites (tertiary alicyclic amines) is 1. The summed E-state index contributed by atoms with van der Waals surface area (Å²) >= 11 is 0. The van der Waals surface area contributed by atoms with Crippen molar-refractivity contribution >= 4 is 23.4 Å². The maximum absolute atomic E-state index is 11.7. The van der Waals surface area contributed by atoms with Crippen molar-refractivity contribution in [3.8, 4) is 0 Å². The third kappa shape index (κ3) is 3.28. The molecule has 104 valence electrons. The standard InChI is InChI=1S/C14H15N3O3/c1-10(9-17-12(18)7-8-13(17)19)15-16-14(20)11-5-3-2-4-6-11/h2-6H,7-9H2,1H3,(H,16,20)/b15-10-. The molecule has 0 aliphatic carbocycles. The summed E-state index contributed by atoms with van der Waals surface area (Å²) in [6.45, 7) is 1.77. The summed E-state index contributed by atoms with van der Waals surface area (Å²) in [4.78, 5) is 35.8. The van der Waals surface area contributed by atoms with Crippen LogP contribution in [0, 0.1) is 0 Å². The van der Waals surface area contributed by atoms with Gasteiger partial charge in [-0.2, -0.15) is 5.10 Å².